The number of hydrogen-bond acceptors (Lipinski definition) is 6. The van der Waals surface area contributed by atoms with E-state index in [1.807, 2.05) is 43.3 Å². The highest BCUT2D eigenvalue weighted by molar-refractivity contribution is 5.82. The number of esters is 1. The summed E-state index contributed by atoms with van der Waals surface area (Å²) in [6.45, 7) is 1.57. The molecule has 0 aliphatic carbocycles. The minimum absolute atomic E-state index is 0.0882. The molecule has 6 nitrogen and oxygen atoms in total. The Morgan fingerprint density at radius 2 is 1.86 bits per heavy atom. The van der Waals surface area contributed by atoms with Gasteiger partial charge in [-0.05, 0) is 36.8 Å². The molecule has 0 unspecified atom stereocenters. The fourth-order valence-electron chi connectivity index (χ4n) is 2.90. The van der Waals surface area contributed by atoms with Gasteiger partial charge in [0.15, 0.2) is 12.4 Å². The Balaban J connectivity index is 1.60. The van der Waals surface area contributed by atoms with Crippen LogP contribution < -0.4 is 10.2 Å². The maximum atomic E-state index is 13.0. The lowest BCUT2D eigenvalue weighted by Gasteiger charge is -2.10. The van der Waals surface area contributed by atoms with Crippen LogP contribution in [0.2, 0.25) is 0 Å². The molecular formula is C23H18O6. The molecule has 6 heteroatoms. The van der Waals surface area contributed by atoms with Gasteiger partial charge in [-0.1, -0.05) is 42.0 Å². The lowest BCUT2D eigenvalue weighted by molar-refractivity contribution is -0.147. The zero-order chi connectivity index (χ0) is 20.2. The van der Waals surface area contributed by atoms with Crippen LogP contribution in [0.5, 0.6) is 5.75 Å². The van der Waals surface area contributed by atoms with Crippen LogP contribution in [-0.2, 0) is 16.1 Å². The van der Waals surface area contributed by atoms with E-state index in [9.17, 15) is 9.59 Å². The Hall–Kier alpha value is -3.80. The van der Waals surface area contributed by atoms with E-state index >= 15 is 0 Å². The number of ether oxygens (including phenoxy) is 2. The Labute approximate surface area is 166 Å². The molecule has 2 aromatic heterocycles. The molecule has 0 aliphatic rings. The number of carbonyl (C=O) groups excluding carboxylic acids is 1. The van der Waals surface area contributed by atoms with Crippen molar-refractivity contribution in [2.75, 3.05) is 6.61 Å². The lowest BCUT2D eigenvalue weighted by Crippen LogP contribution is -2.19. The highest BCUT2D eigenvalue weighted by atomic mass is 16.6. The van der Waals surface area contributed by atoms with Crippen molar-refractivity contribution in [1.82, 2.24) is 0 Å². The molecule has 4 rings (SSSR count). The molecule has 0 bridgehead atoms. The first-order valence-corrected chi connectivity index (χ1v) is 9.05. The highest BCUT2D eigenvalue weighted by Gasteiger charge is 2.21. The van der Waals surface area contributed by atoms with Crippen molar-refractivity contribution in [1.29, 1.82) is 0 Å². The highest BCUT2D eigenvalue weighted by Crippen LogP contribution is 2.31. The number of rotatable bonds is 6. The summed E-state index contributed by atoms with van der Waals surface area (Å²) in [6, 6.07) is 17.9. The topological polar surface area (TPSA) is 78.9 Å². The Morgan fingerprint density at radius 1 is 1.03 bits per heavy atom. The zero-order valence-corrected chi connectivity index (χ0v) is 15.7. The maximum Gasteiger partial charge on any atom is 0.344 e. The molecular weight excluding hydrogens is 372 g/mol. The van der Waals surface area contributed by atoms with Crippen molar-refractivity contribution in [3.8, 4) is 17.3 Å². The number of furan rings is 1. The molecule has 0 N–H and O–H groups in total. The summed E-state index contributed by atoms with van der Waals surface area (Å²) in [5.41, 5.74) is 1.80. The monoisotopic (exact) mass is 390 g/mol. The predicted molar refractivity (Wildman–Crippen MR) is 107 cm³/mol. The Kier molecular flexibility index (Phi) is 5.16. The summed E-state index contributed by atoms with van der Waals surface area (Å²) in [6.07, 6.45) is 1.46. The Morgan fingerprint density at radius 3 is 2.62 bits per heavy atom. The summed E-state index contributed by atoms with van der Waals surface area (Å²) in [4.78, 5) is 25.1. The maximum absolute atomic E-state index is 13.0. The van der Waals surface area contributed by atoms with Crippen molar-refractivity contribution in [3.05, 3.63) is 88.3 Å². The zero-order valence-electron chi connectivity index (χ0n) is 15.7. The van der Waals surface area contributed by atoms with E-state index < -0.39 is 12.6 Å². The first-order chi connectivity index (χ1) is 14.1. The van der Waals surface area contributed by atoms with Crippen molar-refractivity contribution < 1.29 is 23.1 Å². The molecule has 0 fully saturated rings. The average Bonchev–Trinajstić information content (AvgIpc) is 3.27. The lowest BCUT2D eigenvalue weighted by atomic mass is 10.1. The van der Waals surface area contributed by atoms with E-state index in [0.717, 1.165) is 11.1 Å². The van der Waals surface area contributed by atoms with Crippen molar-refractivity contribution in [2.24, 2.45) is 0 Å². The van der Waals surface area contributed by atoms with Gasteiger partial charge in [0.05, 0.1) is 11.6 Å². The summed E-state index contributed by atoms with van der Waals surface area (Å²) in [7, 11) is 0. The van der Waals surface area contributed by atoms with Crippen molar-refractivity contribution in [2.45, 2.75) is 13.5 Å². The molecule has 0 atom stereocenters. The number of hydrogen-bond donors (Lipinski definition) is 0. The summed E-state index contributed by atoms with van der Waals surface area (Å²) < 4.78 is 22.0. The second-order valence-corrected chi connectivity index (χ2v) is 6.50. The fraction of sp³-hybridized carbons (Fsp3) is 0.130. The number of fused-ring (bicyclic) bond motifs is 1. The summed E-state index contributed by atoms with van der Waals surface area (Å²) >= 11 is 0. The SMILES string of the molecule is Cc1ccc2oc(-c3ccco3)c(OCC(=O)OCc3ccccc3)c(=O)c2c1. The van der Waals surface area contributed by atoms with Crippen LogP contribution in [0.25, 0.3) is 22.5 Å². The van der Waals surface area contributed by atoms with Gasteiger partial charge in [-0.3, -0.25) is 4.79 Å². The third-order valence-electron chi connectivity index (χ3n) is 4.33. The first kappa shape index (κ1) is 18.6. The molecule has 0 aliphatic heterocycles. The largest absolute Gasteiger partial charge is 0.474 e. The van der Waals surface area contributed by atoms with Crippen molar-refractivity contribution in [3.63, 3.8) is 0 Å². The molecule has 29 heavy (non-hydrogen) atoms. The van der Waals surface area contributed by atoms with Crippen LogP contribution in [0, 0.1) is 6.92 Å². The summed E-state index contributed by atoms with van der Waals surface area (Å²) in [5.74, 6) is -0.220. The Bertz CT molecular complexity index is 1190. The first-order valence-electron chi connectivity index (χ1n) is 9.05. The van der Waals surface area contributed by atoms with Gasteiger partial charge < -0.3 is 18.3 Å². The second-order valence-electron chi connectivity index (χ2n) is 6.50. The van der Waals surface area contributed by atoms with E-state index in [-0.39, 0.29) is 23.5 Å². The molecule has 146 valence electrons. The van der Waals surface area contributed by atoms with Crippen LogP contribution in [0.3, 0.4) is 0 Å². The van der Waals surface area contributed by atoms with E-state index in [1.54, 1.807) is 24.3 Å². The minimum Gasteiger partial charge on any atom is -0.474 e. The minimum atomic E-state index is -0.594. The summed E-state index contributed by atoms with van der Waals surface area (Å²) in [5, 5.41) is 0.368. The van der Waals surface area contributed by atoms with Gasteiger partial charge in [0.2, 0.25) is 16.9 Å². The number of carbonyl (C=O) groups is 1. The van der Waals surface area contributed by atoms with Gasteiger partial charge in [0.1, 0.15) is 12.2 Å². The smallest absolute Gasteiger partial charge is 0.344 e. The van der Waals surface area contributed by atoms with Crippen LogP contribution in [0.4, 0.5) is 0 Å². The average molecular weight is 390 g/mol. The molecule has 0 radical (unpaired) electrons. The quantitative estimate of drug-likeness (QED) is 0.452. The number of benzene rings is 2. The molecule has 2 aromatic carbocycles. The molecule has 0 amide bonds. The standard InChI is InChI=1S/C23H18O6/c1-15-9-10-18-17(12-15)21(25)23(22(29-18)19-8-5-11-26-19)28-14-20(24)27-13-16-6-3-2-4-7-16/h2-12H,13-14H2,1H3. The van der Waals surface area contributed by atoms with Crippen LogP contribution in [-0.4, -0.2) is 12.6 Å². The van der Waals surface area contributed by atoms with Crippen LogP contribution >= 0.6 is 0 Å². The van der Waals surface area contributed by atoms with Crippen LogP contribution in [0.1, 0.15) is 11.1 Å². The van der Waals surface area contributed by atoms with Gasteiger partial charge >= 0.3 is 5.97 Å². The van der Waals surface area contributed by atoms with E-state index in [2.05, 4.69) is 0 Å². The molecule has 0 spiro atoms. The third-order valence-corrected chi connectivity index (χ3v) is 4.33. The fourth-order valence-corrected chi connectivity index (χ4v) is 2.90. The van der Waals surface area contributed by atoms with E-state index in [1.165, 1.54) is 6.26 Å². The van der Waals surface area contributed by atoms with Gasteiger partial charge in [-0.15, -0.1) is 0 Å². The van der Waals surface area contributed by atoms with E-state index in [4.69, 9.17) is 18.3 Å². The number of aryl methyl sites for hydroxylation is 1. The second kappa shape index (κ2) is 8.06. The molecule has 4 aromatic rings. The van der Waals surface area contributed by atoms with Gasteiger partial charge in [-0.25, -0.2) is 4.79 Å². The van der Waals surface area contributed by atoms with Crippen LogP contribution in [0.15, 0.2) is 80.6 Å². The molecule has 2 heterocycles. The van der Waals surface area contributed by atoms with Gasteiger partial charge in [-0.2, -0.15) is 0 Å². The van der Waals surface area contributed by atoms with Gasteiger partial charge in [0.25, 0.3) is 0 Å². The predicted octanol–water partition coefficient (Wildman–Crippen LogP) is 4.48. The van der Waals surface area contributed by atoms with Crippen molar-refractivity contribution >= 4 is 16.9 Å². The molecule has 0 saturated carbocycles. The van der Waals surface area contributed by atoms with E-state index in [0.29, 0.717) is 16.7 Å². The van der Waals surface area contributed by atoms with Gasteiger partial charge in [0, 0.05) is 0 Å². The third kappa shape index (κ3) is 4.06. The molecule has 0 saturated heterocycles. The normalized spacial score (nSPS) is 10.8.